The zero-order valence-corrected chi connectivity index (χ0v) is 11.7. The third-order valence-corrected chi connectivity index (χ3v) is 3.91. The molecule has 1 unspecified atom stereocenters. The van der Waals surface area contributed by atoms with Gasteiger partial charge in [-0.3, -0.25) is 4.79 Å². The molecule has 0 radical (unpaired) electrons. The average molecular weight is 274 g/mol. The molecule has 3 nitrogen and oxygen atoms in total. The maximum Gasteiger partial charge on any atom is 0.255 e. The molecule has 1 N–H and O–H groups in total. The van der Waals surface area contributed by atoms with Gasteiger partial charge >= 0.3 is 0 Å². The number of nitrogens with zero attached hydrogens (tertiary/aromatic N) is 1. The van der Waals surface area contributed by atoms with Gasteiger partial charge in [-0.05, 0) is 37.8 Å². The fraction of sp³-hybridized carbons (Fsp3) is 0.500. The molecule has 2 rings (SSSR count). The van der Waals surface area contributed by atoms with Crippen LogP contribution in [0, 0.1) is 30.0 Å². The second-order valence-corrected chi connectivity index (χ2v) is 5.46. The van der Waals surface area contributed by atoms with Crippen molar-refractivity contribution in [2.75, 3.05) is 0 Å². The van der Waals surface area contributed by atoms with Gasteiger partial charge in [0, 0.05) is 0 Å². The van der Waals surface area contributed by atoms with Crippen LogP contribution in [0.25, 0.3) is 0 Å². The van der Waals surface area contributed by atoms with Gasteiger partial charge in [-0.2, -0.15) is 5.26 Å². The Bertz CT molecular complexity index is 530. The number of hydrogen-bond donors (Lipinski definition) is 1. The first-order valence-corrected chi connectivity index (χ1v) is 7.08. The van der Waals surface area contributed by atoms with Crippen molar-refractivity contribution in [3.05, 3.63) is 35.1 Å². The van der Waals surface area contributed by atoms with Crippen molar-refractivity contribution in [3.8, 4) is 6.07 Å². The lowest BCUT2D eigenvalue weighted by atomic mass is 9.84. The minimum Gasteiger partial charge on any atom is -0.336 e. The number of benzene rings is 1. The van der Waals surface area contributed by atoms with Gasteiger partial charge in [0.2, 0.25) is 0 Å². The topological polar surface area (TPSA) is 52.9 Å². The van der Waals surface area contributed by atoms with Gasteiger partial charge in [0.25, 0.3) is 5.91 Å². The van der Waals surface area contributed by atoms with Crippen LogP contribution in [-0.2, 0) is 0 Å². The van der Waals surface area contributed by atoms with Crippen molar-refractivity contribution in [1.82, 2.24) is 5.32 Å². The zero-order valence-electron chi connectivity index (χ0n) is 11.7. The number of halogens is 1. The Balaban J connectivity index is 2.09. The molecule has 20 heavy (non-hydrogen) atoms. The second kappa shape index (κ2) is 6.51. The molecule has 1 atom stereocenters. The fourth-order valence-electron chi connectivity index (χ4n) is 2.76. The molecular formula is C16H19FN2O. The summed E-state index contributed by atoms with van der Waals surface area (Å²) < 4.78 is 13.7. The summed E-state index contributed by atoms with van der Waals surface area (Å²) in [5.41, 5.74) is 0.837. The maximum absolute atomic E-state index is 13.7. The van der Waals surface area contributed by atoms with Gasteiger partial charge in [0.15, 0.2) is 0 Å². The van der Waals surface area contributed by atoms with Crippen LogP contribution in [0.1, 0.15) is 48.0 Å². The molecule has 0 heterocycles. The van der Waals surface area contributed by atoms with E-state index in [1.54, 1.807) is 13.0 Å². The van der Waals surface area contributed by atoms with Gasteiger partial charge < -0.3 is 5.32 Å². The van der Waals surface area contributed by atoms with Crippen LogP contribution >= 0.6 is 0 Å². The molecule has 1 amide bonds. The number of nitrogens with one attached hydrogen (secondary N) is 1. The Kier molecular flexibility index (Phi) is 4.73. The summed E-state index contributed by atoms with van der Waals surface area (Å²) in [6, 6.07) is 6.04. The van der Waals surface area contributed by atoms with Gasteiger partial charge in [-0.15, -0.1) is 0 Å². The van der Waals surface area contributed by atoms with E-state index in [4.69, 9.17) is 0 Å². The number of amides is 1. The van der Waals surface area contributed by atoms with E-state index in [-0.39, 0.29) is 11.5 Å². The summed E-state index contributed by atoms with van der Waals surface area (Å²) in [5.74, 6) is -0.859. The SMILES string of the molecule is Cc1ccc(F)c(C(=O)NC(C#N)C2CCCCC2)c1. The highest BCUT2D eigenvalue weighted by atomic mass is 19.1. The molecule has 0 aliphatic heterocycles. The lowest BCUT2D eigenvalue weighted by Gasteiger charge is -2.26. The molecule has 106 valence electrons. The lowest BCUT2D eigenvalue weighted by Crippen LogP contribution is -2.40. The quantitative estimate of drug-likeness (QED) is 0.919. The van der Waals surface area contributed by atoms with Crippen LogP contribution in [0.5, 0.6) is 0 Å². The summed E-state index contributed by atoms with van der Waals surface area (Å²) in [7, 11) is 0. The van der Waals surface area contributed by atoms with Crippen molar-refractivity contribution in [3.63, 3.8) is 0 Å². The van der Waals surface area contributed by atoms with E-state index in [0.29, 0.717) is 0 Å². The maximum atomic E-state index is 13.7. The predicted octanol–water partition coefficient (Wildman–Crippen LogP) is 3.34. The van der Waals surface area contributed by atoms with E-state index in [1.807, 2.05) is 0 Å². The smallest absolute Gasteiger partial charge is 0.255 e. The van der Waals surface area contributed by atoms with Crippen LogP contribution in [0.15, 0.2) is 18.2 Å². The summed E-state index contributed by atoms with van der Waals surface area (Å²) in [5, 5.41) is 11.9. The number of rotatable bonds is 3. The molecule has 1 saturated carbocycles. The number of aryl methyl sites for hydroxylation is 1. The van der Waals surface area contributed by atoms with Crippen molar-refractivity contribution in [1.29, 1.82) is 5.26 Å². The zero-order chi connectivity index (χ0) is 14.5. The molecule has 0 aromatic heterocycles. The number of nitriles is 1. The summed E-state index contributed by atoms with van der Waals surface area (Å²) >= 11 is 0. The molecule has 4 heteroatoms. The van der Waals surface area contributed by atoms with Crippen LogP contribution < -0.4 is 5.32 Å². The molecular weight excluding hydrogens is 255 g/mol. The average Bonchev–Trinajstić information content (AvgIpc) is 2.48. The third kappa shape index (κ3) is 3.36. The van der Waals surface area contributed by atoms with E-state index < -0.39 is 17.8 Å². The van der Waals surface area contributed by atoms with Crippen LogP contribution in [0.2, 0.25) is 0 Å². The fourth-order valence-corrected chi connectivity index (χ4v) is 2.76. The first kappa shape index (κ1) is 14.5. The first-order valence-electron chi connectivity index (χ1n) is 7.08. The Morgan fingerprint density at radius 1 is 1.40 bits per heavy atom. The normalized spacial score (nSPS) is 17.2. The molecule has 1 aliphatic rings. The Hall–Kier alpha value is -1.89. The number of hydrogen-bond acceptors (Lipinski definition) is 2. The lowest BCUT2D eigenvalue weighted by molar-refractivity contribution is 0.0924. The van der Waals surface area contributed by atoms with Crippen molar-refractivity contribution in [2.45, 2.75) is 45.1 Å². The van der Waals surface area contributed by atoms with Gasteiger partial charge in [-0.1, -0.05) is 30.9 Å². The van der Waals surface area contributed by atoms with Crippen molar-refractivity contribution >= 4 is 5.91 Å². The third-order valence-electron chi connectivity index (χ3n) is 3.91. The minimum atomic E-state index is -0.548. The van der Waals surface area contributed by atoms with E-state index in [9.17, 15) is 14.4 Å². The van der Waals surface area contributed by atoms with E-state index in [1.165, 1.54) is 18.6 Å². The molecule has 1 aromatic carbocycles. The van der Waals surface area contributed by atoms with Crippen LogP contribution in [-0.4, -0.2) is 11.9 Å². The summed E-state index contributed by atoms with van der Waals surface area (Å²) in [6.07, 6.45) is 5.29. The van der Waals surface area contributed by atoms with E-state index in [0.717, 1.165) is 31.2 Å². The highest BCUT2D eigenvalue weighted by Gasteiger charge is 2.26. The molecule has 0 saturated heterocycles. The highest BCUT2D eigenvalue weighted by Crippen LogP contribution is 2.26. The molecule has 1 aromatic rings. The van der Waals surface area contributed by atoms with Crippen LogP contribution in [0.4, 0.5) is 4.39 Å². The summed E-state index contributed by atoms with van der Waals surface area (Å²) in [4.78, 5) is 12.1. The van der Waals surface area contributed by atoms with Gasteiger partial charge in [0.1, 0.15) is 11.9 Å². The Labute approximate surface area is 118 Å². The number of carbonyl (C=O) groups excluding carboxylic acids is 1. The van der Waals surface area contributed by atoms with Crippen molar-refractivity contribution in [2.24, 2.45) is 5.92 Å². The summed E-state index contributed by atoms with van der Waals surface area (Å²) in [6.45, 7) is 1.80. The van der Waals surface area contributed by atoms with Crippen LogP contribution in [0.3, 0.4) is 0 Å². The number of carbonyl (C=O) groups is 1. The predicted molar refractivity (Wildman–Crippen MR) is 74.6 cm³/mol. The standard InChI is InChI=1S/C16H19FN2O/c1-11-7-8-14(17)13(9-11)16(20)19-15(10-18)12-5-3-2-4-6-12/h7-9,12,15H,2-6H2,1H3,(H,19,20). The molecule has 0 bridgehead atoms. The molecule has 0 spiro atoms. The minimum absolute atomic E-state index is 0.0149. The van der Waals surface area contributed by atoms with Gasteiger partial charge in [0.05, 0.1) is 11.6 Å². The van der Waals surface area contributed by atoms with E-state index >= 15 is 0 Å². The molecule has 1 aliphatic carbocycles. The molecule has 1 fully saturated rings. The highest BCUT2D eigenvalue weighted by molar-refractivity contribution is 5.95. The monoisotopic (exact) mass is 274 g/mol. The second-order valence-electron chi connectivity index (χ2n) is 5.46. The van der Waals surface area contributed by atoms with E-state index in [2.05, 4.69) is 11.4 Å². The Morgan fingerprint density at radius 2 is 2.10 bits per heavy atom. The van der Waals surface area contributed by atoms with Crippen molar-refractivity contribution < 1.29 is 9.18 Å². The largest absolute Gasteiger partial charge is 0.336 e. The Morgan fingerprint density at radius 3 is 2.75 bits per heavy atom. The van der Waals surface area contributed by atoms with Gasteiger partial charge in [-0.25, -0.2) is 4.39 Å². The first-order chi connectivity index (χ1) is 9.61.